The summed E-state index contributed by atoms with van der Waals surface area (Å²) >= 11 is 0. The van der Waals surface area contributed by atoms with Crippen molar-refractivity contribution in [1.82, 2.24) is 0 Å². The van der Waals surface area contributed by atoms with Crippen molar-refractivity contribution in [2.24, 2.45) is 17.8 Å². The van der Waals surface area contributed by atoms with E-state index in [1.165, 1.54) is 5.57 Å². The first kappa shape index (κ1) is 34.4. The molecule has 0 radical (unpaired) electrons. The maximum Gasteiger partial charge on any atom is 0.192 e. The first-order valence-corrected chi connectivity index (χ1v) is 19.2. The van der Waals surface area contributed by atoms with E-state index in [4.69, 9.17) is 15.3 Å². The molecule has 0 rings (SSSR count). The smallest absolute Gasteiger partial charge is 0.192 e. The number of hydrogen-bond acceptors (Lipinski definition) is 3. The molecule has 3 nitrogen and oxygen atoms in total. The summed E-state index contributed by atoms with van der Waals surface area (Å²) in [5, 5.41) is 11.6. The molecule has 0 aromatic heterocycles. The van der Waals surface area contributed by atoms with Crippen molar-refractivity contribution >= 4 is 16.6 Å². The molecular formula is C30H58O3Si2. The Balaban J connectivity index is 5.77. The van der Waals surface area contributed by atoms with E-state index in [0.29, 0.717) is 6.61 Å². The zero-order chi connectivity index (χ0) is 28.0. The number of rotatable bonds is 12. The fraction of sp³-hybridized carbons (Fsp3) is 0.800. The summed E-state index contributed by atoms with van der Waals surface area (Å²) in [6.45, 7) is 34.0. The van der Waals surface area contributed by atoms with E-state index >= 15 is 0 Å². The van der Waals surface area contributed by atoms with E-state index in [9.17, 15) is 5.11 Å². The van der Waals surface area contributed by atoms with E-state index < -0.39 is 22.7 Å². The Kier molecular flexibility index (Phi) is 13.0. The van der Waals surface area contributed by atoms with Crippen LogP contribution < -0.4 is 0 Å². The largest absolute Gasteiger partial charge is 0.413 e. The van der Waals surface area contributed by atoms with Crippen molar-refractivity contribution in [2.75, 3.05) is 6.61 Å². The lowest BCUT2D eigenvalue weighted by molar-refractivity contribution is -0.0134. The van der Waals surface area contributed by atoms with Crippen molar-refractivity contribution in [3.8, 4) is 12.3 Å². The van der Waals surface area contributed by atoms with E-state index in [1.807, 2.05) is 19.9 Å². The molecule has 35 heavy (non-hydrogen) atoms. The van der Waals surface area contributed by atoms with Gasteiger partial charge in [0.1, 0.15) is 0 Å². The molecule has 0 fully saturated rings. The van der Waals surface area contributed by atoms with Crippen molar-refractivity contribution < 1.29 is 14.0 Å². The Morgan fingerprint density at radius 2 is 1.43 bits per heavy atom. The van der Waals surface area contributed by atoms with Crippen LogP contribution in [0.3, 0.4) is 0 Å². The first-order valence-electron chi connectivity index (χ1n) is 13.4. The third-order valence-corrected chi connectivity index (χ3v) is 17.4. The molecule has 1 N–H and O–H groups in total. The SMILES string of the molecule is C#C/C(C)=C/[C@@H](C)[C@@H](O)[C@@H](C)[C@H](O[Si](C)(C)C(C)(C)C)[C@@H](C)C/C(C)=C/CO[Si](C)(C)C(C)(C)C. The average molecular weight is 523 g/mol. The van der Waals surface area contributed by atoms with Crippen molar-refractivity contribution in [1.29, 1.82) is 0 Å². The number of aliphatic hydroxyl groups is 1. The maximum absolute atomic E-state index is 11.3. The quantitative estimate of drug-likeness (QED) is 0.158. The molecule has 0 aliphatic carbocycles. The zero-order valence-corrected chi connectivity index (χ0v) is 27.8. The molecule has 0 unspecified atom stereocenters. The topological polar surface area (TPSA) is 38.7 Å². The van der Waals surface area contributed by atoms with Crippen molar-refractivity contribution in [3.05, 3.63) is 23.3 Å². The van der Waals surface area contributed by atoms with Gasteiger partial charge in [-0.25, -0.2) is 0 Å². The van der Waals surface area contributed by atoms with Crippen LogP contribution in [-0.4, -0.2) is 40.6 Å². The van der Waals surface area contributed by atoms with E-state index in [-0.39, 0.29) is 33.9 Å². The van der Waals surface area contributed by atoms with Crippen molar-refractivity contribution in [2.45, 2.75) is 131 Å². The van der Waals surface area contributed by atoms with E-state index in [2.05, 4.69) is 100 Å². The summed E-state index contributed by atoms with van der Waals surface area (Å²) in [4.78, 5) is 0. The zero-order valence-electron chi connectivity index (χ0n) is 25.8. The van der Waals surface area contributed by atoms with Crippen LogP contribution in [0.5, 0.6) is 0 Å². The minimum absolute atomic E-state index is 0.0211. The maximum atomic E-state index is 11.3. The number of aliphatic hydroxyl groups excluding tert-OH is 1. The van der Waals surface area contributed by atoms with Crippen LogP contribution in [0.25, 0.3) is 0 Å². The molecule has 0 aliphatic rings. The minimum Gasteiger partial charge on any atom is -0.413 e. The summed E-state index contributed by atoms with van der Waals surface area (Å²) < 4.78 is 13.4. The minimum atomic E-state index is -2.03. The van der Waals surface area contributed by atoms with Gasteiger partial charge in [0.05, 0.1) is 18.8 Å². The molecule has 0 saturated carbocycles. The van der Waals surface area contributed by atoms with Gasteiger partial charge in [0.2, 0.25) is 0 Å². The molecule has 0 heterocycles. The van der Waals surface area contributed by atoms with Crippen LogP contribution >= 0.6 is 0 Å². The first-order chi connectivity index (χ1) is 15.6. The molecule has 5 atom stereocenters. The summed E-state index contributed by atoms with van der Waals surface area (Å²) in [6, 6.07) is 0. The fourth-order valence-corrected chi connectivity index (χ4v) is 6.20. The second-order valence-corrected chi connectivity index (χ2v) is 23.4. The van der Waals surface area contributed by atoms with Crippen LogP contribution in [0.15, 0.2) is 23.3 Å². The third kappa shape index (κ3) is 10.7. The highest BCUT2D eigenvalue weighted by Crippen LogP contribution is 2.41. The molecule has 5 heteroatoms. The Bertz CT molecular complexity index is 760. The van der Waals surface area contributed by atoms with Crippen LogP contribution in [0, 0.1) is 30.1 Å². The predicted octanol–water partition coefficient (Wildman–Crippen LogP) is 8.58. The highest BCUT2D eigenvalue weighted by Gasteiger charge is 2.43. The lowest BCUT2D eigenvalue weighted by atomic mass is 9.82. The molecule has 0 spiro atoms. The molecule has 204 valence electrons. The van der Waals surface area contributed by atoms with Crippen molar-refractivity contribution in [3.63, 3.8) is 0 Å². The predicted molar refractivity (Wildman–Crippen MR) is 160 cm³/mol. The molecule has 0 amide bonds. The Morgan fingerprint density at radius 1 is 0.943 bits per heavy atom. The number of hydrogen-bond donors (Lipinski definition) is 1. The van der Waals surface area contributed by atoms with Crippen LogP contribution in [-0.2, 0) is 8.85 Å². The van der Waals surface area contributed by atoms with Gasteiger partial charge < -0.3 is 14.0 Å². The van der Waals surface area contributed by atoms with Gasteiger partial charge in [-0.05, 0) is 68.0 Å². The lowest BCUT2D eigenvalue weighted by Crippen LogP contribution is -2.49. The molecule has 0 aromatic rings. The fourth-order valence-electron chi connectivity index (χ4n) is 3.79. The molecular weight excluding hydrogens is 464 g/mol. The highest BCUT2D eigenvalue weighted by molar-refractivity contribution is 6.74. The summed E-state index contributed by atoms with van der Waals surface area (Å²) in [5.41, 5.74) is 2.18. The van der Waals surface area contributed by atoms with Gasteiger partial charge in [0.15, 0.2) is 16.6 Å². The monoisotopic (exact) mass is 522 g/mol. The van der Waals surface area contributed by atoms with Gasteiger partial charge in [-0.3, -0.25) is 0 Å². The third-order valence-electron chi connectivity index (χ3n) is 8.46. The number of allylic oxidation sites excluding steroid dienone is 2. The van der Waals surface area contributed by atoms with Gasteiger partial charge in [0.25, 0.3) is 0 Å². The second kappa shape index (κ2) is 13.2. The molecule has 0 saturated heterocycles. The summed E-state index contributed by atoms with van der Waals surface area (Å²) in [7, 11) is -3.80. The van der Waals surface area contributed by atoms with E-state index in [0.717, 1.165) is 12.0 Å². The average Bonchev–Trinajstić information content (AvgIpc) is 2.68. The number of terminal acetylenes is 1. The normalized spacial score (nSPS) is 19.1. The summed E-state index contributed by atoms with van der Waals surface area (Å²) in [6.07, 6.45) is 10.1. The molecule has 0 aromatic carbocycles. The van der Waals surface area contributed by atoms with Crippen LogP contribution in [0.2, 0.25) is 36.3 Å². The van der Waals surface area contributed by atoms with Gasteiger partial charge in [-0.15, -0.1) is 6.42 Å². The molecule has 0 aliphatic heterocycles. The van der Waals surface area contributed by atoms with Gasteiger partial charge in [-0.2, -0.15) is 0 Å². The van der Waals surface area contributed by atoms with Crippen LogP contribution in [0.1, 0.15) is 82.6 Å². The Morgan fingerprint density at radius 3 is 1.86 bits per heavy atom. The highest BCUT2D eigenvalue weighted by atomic mass is 28.4. The summed E-state index contributed by atoms with van der Waals surface area (Å²) in [5.74, 6) is 2.89. The standard InChI is InChI=1S/C30H58O3Si2/c1-17-22(2)20-24(4)27(31)26(6)28(33-35(15,16)30(10,11)12)25(5)21-23(3)18-19-32-34(13,14)29(7,8)9/h1,18,20,24-28,31H,19,21H2,2-16H3/b22-20+,23-18+/t24-,25+,26-,27-,28-/m1/s1. The van der Waals surface area contributed by atoms with E-state index in [1.54, 1.807) is 0 Å². The molecule has 0 bridgehead atoms. The lowest BCUT2D eigenvalue weighted by Gasteiger charge is -2.44. The van der Waals surface area contributed by atoms with Crippen LogP contribution in [0.4, 0.5) is 0 Å². The Hall–Kier alpha value is -0.646. The second-order valence-electron chi connectivity index (χ2n) is 13.8. The van der Waals surface area contributed by atoms with Gasteiger partial charge in [0, 0.05) is 11.8 Å². The Labute approximate surface area is 221 Å². The van der Waals surface area contributed by atoms with Gasteiger partial charge in [-0.1, -0.05) is 86.0 Å². The van der Waals surface area contributed by atoms with Gasteiger partial charge >= 0.3 is 0 Å².